The molecule has 1 aliphatic heterocycles. The van der Waals surface area contributed by atoms with E-state index in [1.807, 2.05) is 6.07 Å². The predicted molar refractivity (Wildman–Crippen MR) is 134 cm³/mol. The highest BCUT2D eigenvalue weighted by atomic mass is 32.1. The number of aromatic amines is 1. The second-order valence-electron chi connectivity index (χ2n) is 9.27. The van der Waals surface area contributed by atoms with Crippen LogP contribution in [0.2, 0.25) is 0 Å². The molecule has 4 rings (SSSR count). The van der Waals surface area contributed by atoms with E-state index in [0.29, 0.717) is 12.6 Å². The highest BCUT2D eigenvalue weighted by Gasteiger charge is 2.25. The van der Waals surface area contributed by atoms with Crippen LogP contribution in [0.4, 0.5) is 0 Å². The van der Waals surface area contributed by atoms with E-state index in [0.717, 1.165) is 85.8 Å². The number of hydrogen-bond donors (Lipinski definition) is 2. The van der Waals surface area contributed by atoms with Crippen molar-refractivity contribution in [2.45, 2.75) is 58.5 Å². The van der Waals surface area contributed by atoms with E-state index in [9.17, 15) is 4.79 Å². The topological polar surface area (TPSA) is 60.6 Å². The number of benzene rings is 1. The molecule has 0 bridgehead atoms. The molecule has 2 aromatic rings. The Morgan fingerprint density at radius 2 is 1.97 bits per heavy atom. The number of nitrogens with zero attached hydrogens (tertiary/aromatic N) is 2. The maximum atomic E-state index is 12.9. The van der Waals surface area contributed by atoms with Gasteiger partial charge in [0, 0.05) is 42.1 Å². The fourth-order valence-electron chi connectivity index (χ4n) is 5.02. The number of hydrogen-bond acceptors (Lipinski definition) is 4. The zero-order valence-corrected chi connectivity index (χ0v) is 20.2. The number of morpholine rings is 1. The van der Waals surface area contributed by atoms with E-state index in [2.05, 4.69) is 46.1 Å². The SMILES string of the molecule is Cc1cc(C)c2cc(CN(C(=S)NCCCN3CCOCC3)C3CCCC3)c(=O)[nH]c2c1. The average Bonchev–Trinajstić information content (AvgIpc) is 3.30. The molecule has 7 heteroatoms. The summed E-state index contributed by atoms with van der Waals surface area (Å²) in [6.07, 6.45) is 5.78. The van der Waals surface area contributed by atoms with Gasteiger partial charge in [-0.3, -0.25) is 9.69 Å². The first-order chi connectivity index (χ1) is 15.5. The minimum Gasteiger partial charge on any atom is -0.379 e. The van der Waals surface area contributed by atoms with Gasteiger partial charge in [-0.15, -0.1) is 0 Å². The molecule has 2 heterocycles. The van der Waals surface area contributed by atoms with Gasteiger partial charge in [-0.2, -0.15) is 0 Å². The Kier molecular flexibility index (Phi) is 7.81. The monoisotopic (exact) mass is 456 g/mol. The van der Waals surface area contributed by atoms with Crippen molar-refractivity contribution in [2.75, 3.05) is 39.4 Å². The van der Waals surface area contributed by atoms with E-state index in [4.69, 9.17) is 17.0 Å². The summed E-state index contributed by atoms with van der Waals surface area (Å²) in [5.74, 6) is 0. The van der Waals surface area contributed by atoms with Crippen LogP contribution in [0.25, 0.3) is 10.9 Å². The summed E-state index contributed by atoms with van der Waals surface area (Å²) in [5.41, 5.74) is 4.03. The van der Waals surface area contributed by atoms with E-state index in [-0.39, 0.29) is 5.56 Å². The standard InChI is InChI=1S/C25H36N4O2S/c1-18-14-19(2)22-16-20(24(30)27-23(22)15-18)17-29(21-6-3-4-7-21)25(32)26-8-5-9-28-10-12-31-13-11-28/h14-16,21H,3-13,17H2,1-2H3,(H,26,32)(H,27,30). The lowest BCUT2D eigenvalue weighted by molar-refractivity contribution is 0.0375. The Bertz CT molecular complexity index is 993. The zero-order chi connectivity index (χ0) is 22.5. The van der Waals surface area contributed by atoms with Crippen LogP contribution in [0.15, 0.2) is 23.0 Å². The number of H-pyrrole nitrogens is 1. The third-order valence-corrected chi connectivity index (χ3v) is 7.17. The Morgan fingerprint density at radius 1 is 1.22 bits per heavy atom. The second-order valence-corrected chi connectivity index (χ2v) is 9.66. The summed E-state index contributed by atoms with van der Waals surface area (Å²) in [4.78, 5) is 20.7. The third-order valence-electron chi connectivity index (χ3n) is 6.79. The summed E-state index contributed by atoms with van der Waals surface area (Å²) in [5, 5.41) is 5.37. The highest BCUT2D eigenvalue weighted by molar-refractivity contribution is 7.80. The molecular formula is C25H36N4O2S. The molecule has 1 aromatic carbocycles. The van der Waals surface area contributed by atoms with Gasteiger partial charge in [-0.25, -0.2) is 0 Å². The number of aryl methyl sites for hydroxylation is 2. The fraction of sp³-hybridized carbons (Fsp3) is 0.600. The van der Waals surface area contributed by atoms with Crippen molar-refractivity contribution >= 4 is 28.2 Å². The van der Waals surface area contributed by atoms with Crippen molar-refractivity contribution in [3.63, 3.8) is 0 Å². The second kappa shape index (κ2) is 10.8. The van der Waals surface area contributed by atoms with E-state index >= 15 is 0 Å². The molecule has 0 radical (unpaired) electrons. The quantitative estimate of drug-likeness (QED) is 0.491. The van der Waals surface area contributed by atoms with Crippen LogP contribution in [0.3, 0.4) is 0 Å². The number of pyridine rings is 1. The average molecular weight is 457 g/mol. The van der Waals surface area contributed by atoms with Crippen molar-refractivity contribution in [1.29, 1.82) is 0 Å². The summed E-state index contributed by atoms with van der Waals surface area (Å²) in [6, 6.07) is 6.68. The molecule has 2 N–H and O–H groups in total. The fourth-order valence-corrected chi connectivity index (χ4v) is 5.34. The molecule has 6 nitrogen and oxygen atoms in total. The first kappa shape index (κ1) is 23.2. The van der Waals surface area contributed by atoms with Crippen molar-refractivity contribution in [1.82, 2.24) is 20.1 Å². The number of nitrogens with one attached hydrogen (secondary N) is 2. The number of fused-ring (bicyclic) bond motifs is 1. The van der Waals surface area contributed by atoms with Crippen LogP contribution in [0, 0.1) is 13.8 Å². The molecular weight excluding hydrogens is 420 g/mol. The minimum atomic E-state index is -0.0133. The van der Waals surface area contributed by atoms with E-state index in [1.54, 1.807) is 0 Å². The first-order valence-electron chi connectivity index (χ1n) is 12.0. The lowest BCUT2D eigenvalue weighted by atomic mass is 10.0. The summed E-state index contributed by atoms with van der Waals surface area (Å²) in [7, 11) is 0. The lowest BCUT2D eigenvalue weighted by Crippen LogP contribution is -2.46. The van der Waals surface area contributed by atoms with Crippen LogP contribution >= 0.6 is 12.2 Å². The van der Waals surface area contributed by atoms with Crippen LogP contribution in [-0.4, -0.2) is 65.3 Å². The Balaban J connectivity index is 1.44. The zero-order valence-electron chi connectivity index (χ0n) is 19.4. The Labute approximate surface area is 196 Å². The van der Waals surface area contributed by atoms with Gasteiger partial charge in [0.2, 0.25) is 0 Å². The van der Waals surface area contributed by atoms with Crippen molar-refractivity contribution in [3.05, 3.63) is 45.2 Å². The van der Waals surface area contributed by atoms with Gasteiger partial charge in [0.05, 0.1) is 19.8 Å². The van der Waals surface area contributed by atoms with Gasteiger partial charge in [-0.1, -0.05) is 18.9 Å². The molecule has 1 saturated heterocycles. The number of aromatic nitrogens is 1. The van der Waals surface area contributed by atoms with Crippen molar-refractivity contribution in [3.8, 4) is 0 Å². The maximum Gasteiger partial charge on any atom is 0.253 e. The van der Waals surface area contributed by atoms with Gasteiger partial charge in [0.15, 0.2) is 5.11 Å². The van der Waals surface area contributed by atoms with Gasteiger partial charge in [0.1, 0.15) is 0 Å². The van der Waals surface area contributed by atoms with Crippen LogP contribution in [0.5, 0.6) is 0 Å². The Hall–Kier alpha value is -1.96. The Morgan fingerprint density at radius 3 is 2.72 bits per heavy atom. The highest BCUT2D eigenvalue weighted by Crippen LogP contribution is 2.26. The van der Waals surface area contributed by atoms with E-state index in [1.165, 1.54) is 18.4 Å². The number of ether oxygens (including phenoxy) is 1. The molecule has 1 aliphatic carbocycles. The van der Waals surface area contributed by atoms with Crippen molar-refractivity contribution in [2.24, 2.45) is 0 Å². The molecule has 174 valence electrons. The molecule has 2 fully saturated rings. The smallest absolute Gasteiger partial charge is 0.253 e. The molecule has 0 atom stereocenters. The lowest BCUT2D eigenvalue weighted by Gasteiger charge is -2.32. The largest absolute Gasteiger partial charge is 0.379 e. The van der Waals surface area contributed by atoms with Crippen molar-refractivity contribution < 1.29 is 4.74 Å². The van der Waals surface area contributed by atoms with Gasteiger partial charge >= 0.3 is 0 Å². The van der Waals surface area contributed by atoms with Gasteiger partial charge < -0.3 is 19.9 Å². The van der Waals surface area contributed by atoms with Crippen LogP contribution in [0.1, 0.15) is 48.8 Å². The number of rotatable bonds is 7. The molecule has 32 heavy (non-hydrogen) atoms. The number of thiocarbonyl (C=S) groups is 1. The molecule has 1 aromatic heterocycles. The van der Waals surface area contributed by atoms with E-state index < -0.39 is 0 Å². The van der Waals surface area contributed by atoms with Gasteiger partial charge in [-0.05, 0) is 75.1 Å². The summed E-state index contributed by atoms with van der Waals surface area (Å²) in [6.45, 7) is 10.3. The summed E-state index contributed by atoms with van der Waals surface area (Å²) < 4.78 is 5.43. The maximum absolute atomic E-state index is 12.9. The third kappa shape index (κ3) is 5.69. The van der Waals surface area contributed by atoms with Gasteiger partial charge in [0.25, 0.3) is 5.56 Å². The van der Waals surface area contributed by atoms with Crippen LogP contribution < -0.4 is 10.9 Å². The molecule has 0 amide bonds. The normalized spacial score (nSPS) is 17.7. The predicted octanol–water partition coefficient (Wildman–Crippen LogP) is 3.49. The van der Waals surface area contributed by atoms with Crippen LogP contribution in [-0.2, 0) is 11.3 Å². The minimum absolute atomic E-state index is 0.0133. The molecule has 1 saturated carbocycles. The molecule has 0 spiro atoms. The molecule has 2 aliphatic rings. The molecule has 0 unspecified atom stereocenters. The summed E-state index contributed by atoms with van der Waals surface area (Å²) >= 11 is 5.83. The first-order valence-corrected chi connectivity index (χ1v) is 12.4.